The minimum Gasteiger partial charge on any atom is -0.460 e. The average molecular weight is 402 g/mol. The molecule has 0 aromatic rings. The van der Waals surface area contributed by atoms with Gasteiger partial charge in [-0.3, -0.25) is 14.4 Å². The molecule has 140 valence electrons. The maximum Gasteiger partial charge on any atom is 0.324 e. The molecule has 0 radical (unpaired) electrons. The highest BCUT2D eigenvalue weighted by atomic mass is 32.1. The van der Waals surface area contributed by atoms with Crippen LogP contribution in [0.2, 0.25) is 0 Å². The van der Waals surface area contributed by atoms with E-state index in [0.717, 1.165) is 0 Å². The molecule has 0 fully saturated rings. The molecule has 3 unspecified atom stereocenters. The fourth-order valence-corrected chi connectivity index (χ4v) is 1.60. The minimum atomic E-state index is -1.06. The summed E-state index contributed by atoms with van der Waals surface area (Å²) in [6, 6.07) is -2.82. The molecule has 0 saturated heterocycles. The molecule has 0 aliphatic carbocycles. The topological polar surface area (TPSA) is 157 Å². The lowest BCUT2D eigenvalue weighted by atomic mass is 10.3. The van der Waals surface area contributed by atoms with Crippen LogP contribution in [0.1, 0.15) is 0 Å². The number of carbonyl (C=O) groups is 3. The highest BCUT2D eigenvalue weighted by Gasteiger charge is 2.24. The van der Waals surface area contributed by atoms with Crippen LogP contribution in [0.25, 0.3) is 0 Å². The number of thiol groups is 3. The Morgan fingerprint density at radius 1 is 0.708 bits per heavy atom. The predicted molar refractivity (Wildman–Crippen MR) is 97.3 cm³/mol. The van der Waals surface area contributed by atoms with Crippen LogP contribution in [-0.4, -0.2) is 72.6 Å². The first-order valence-corrected chi connectivity index (χ1v) is 8.79. The summed E-state index contributed by atoms with van der Waals surface area (Å²) in [5.74, 6) is -2.02. The second-order valence-electron chi connectivity index (χ2n) is 4.69. The Kier molecular flexibility index (Phi) is 12.3. The van der Waals surface area contributed by atoms with E-state index in [1.54, 1.807) is 0 Å². The van der Waals surface area contributed by atoms with E-state index in [-0.39, 0.29) is 30.5 Å². The molecule has 0 spiro atoms. The fraction of sp³-hybridized carbons (Fsp3) is 0.750. The zero-order valence-electron chi connectivity index (χ0n) is 12.9. The van der Waals surface area contributed by atoms with Gasteiger partial charge in [0.1, 0.15) is 31.3 Å². The monoisotopic (exact) mass is 401 g/mol. The first kappa shape index (κ1) is 23.3. The summed E-state index contributed by atoms with van der Waals surface area (Å²) in [7, 11) is 0. The molecule has 3 atom stereocenters. The van der Waals surface area contributed by atoms with Gasteiger partial charge in [0.05, 0.1) is 0 Å². The van der Waals surface area contributed by atoms with Crippen molar-refractivity contribution in [1.29, 1.82) is 0 Å². The van der Waals surface area contributed by atoms with E-state index in [0.29, 0.717) is 0 Å². The molecule has 24 heavy (non-hydrogen) atoms. The molecule has 0 amide bonds. The van der Waals surface area contributed by atoms with Gasteiger partial charge in [0.2, 0.25) is 0 Å². The van der Waals surface area contributed by atoms with E-state index in [1.807, 2.05) is 0 Å². The molecule has 6 N–H and O–H groups in total. The SMILES string of the molecule is NC(CS)C(=O)OCC(COC(=O)C(N)CS)OC(=O)C(N)CS. The van der Waals surface area contributed by atoms with Crippen LogP contribution in [0.5, 0.6) is 0 Å². The third kappa shape index (κ3) is 8.99. The molecule has 0 saturated carbocycles. The van der Waals surface area contributed by atoms with Gasteiger partial charge < -0.3 is 31.4 Å². The summed E-state index contributed by atoms with van der Waals surface area (Å²) in [6.45, 7) is -0.733. The molecule has 0 aromatic carbocycles. The van der Waals surface area contributed by atoms with Crippen molar-refractivity contribution in [2.45, 2.75) is 24.2 Å². The van der Waals surface area contributed by atoms with Crippen LogP contribution < -0.4 is 17.2 Å². The normalized spacial score (nSPS) is 15.8. The molecule has 12 heteroatoms. The van der Waals surface area contributed by atoms with Crippen LogP contribution in [0.3, 0.4) is 0 Å². The molecule has 0 aliphatic heterocycles. The van der Waals surface area contributed by atoms with Gasteiger partial charge in [0.15, 0.2) is 6.10 Å². The minimum absolute atomic E-state index is 0.0557. The van der Waals surface area contributed by atoms with Gasteiger partial charge >= 0.3 is 17.9 Å². The molecule has 0 aromatic heterocycles. The molecule has 0 heterocycles. The van der Waals surface area contributed by atoms with E-state index >= 15 is 0 Å². The Morgan fingerprint density at radius 2 is 1.04 bits per heavy atom. The largest absolute Gasteiger partial charge is 0.460 e. The van der Waals surface area contributed by atoms with Gasteiger partial charge in [-0.05, 0) is 0 Å². The van der Waals surface area contributed by atoms with Gasteiger partial charge in [-0.2, -0.15) is 37.9 Å². The summed E-state index contributed by atoms with van der Waals surface area (Å²) < 4.78 is 14.8. The van der Waals surface area contributed by atoms with Crippen LogP contribution in [0, 0.1) is 0 Å². The third-order valence-corrected chi connectivity index (χ3v) is 3.78. The quantitative estimate of drug-likeness (QED) is 0.128. The molecule has 0 aliphatic rings. The van der Waals surface area contributed by atoms with Crippen molar-refractivity contribution in [3.8, 4) is 0 Å². The maximum absolute atomic E-state index is 11.7. The summed E-state index contributed by atoms with van der Waals surface area (Å²) in [6.07, 6.45) is -1.06. The summed E-state index contributed by atoms with van der Waals surface area (Å²) >= 11 is 11.6. The second kappa shape index (κ2) is 12.7. The third-order valence-electron chi connectivity index (χ3n) is 2.60. The number of ether oxygens (including phenoxy) is 3. The fourth-order valence-electron chi connectivity index (χ4n) is 1.16. The molecule has 9 nitrogen and oxygen atoms in total. The van der Waals surface area contributed by atoms with Crippen molar-refractivity contribution < 1.29 is 28.6 Å². The van der Waals surface area contributed by atoms with Gasteiger partial charge in [-0.1, -0.05) is 0 Å². The zero-order valence-corrected chi connectivity index (χ0v) is 15.6. The number of carbonyl (C=O) groups excluding carboxylic acids is 3. The summed E-state index contributed by atoms with van der Waals surface area (Å²) in [5.41, 5.74) is 16.4. The van der Waals surface area contributed by atoms with E-state index in [9.17, 15) is 14.4 Å². The van der Waals surface area contributed by atoms with Crippen molar-refractivity contribution in [2.24, 2.45) is 17.2 Å². The number of rotatable bonds is 11. The van der Waals surface area contributed by atoms with Gasteiger partial charge in [-0.15, -0.1) is 0 Å². The summed E-state index contributed by atoms with van der Waals surface area (Å²) in [5, 5.41) is 0. The van der Waals surface area contributed by atoms with Gasteiger partial charge in [-0.25, -0.2) is 0 Å². The van der Waals surface area contributed by atoms with Crippen molar-refractivity contribution in [3.63, 3.8) is 0 Å². The van der Waals surface area contributed by atoms with Crippen LogP contribution in [0.15, 0.2) is 0 Å². The molecule has 0 bridgehead atoms. The highest BCUT2D eigenvalue weighted by molar-refractivity contribution is 7.80. The Labute approximate surface area is 156 Å². The summed E-state index contributed by atoms with van der Waals surface area (Å²) in [4.78, 5) is 34.8. The lowest BCUT2D eigenvalue weighted by Gasteiger charge is -2.21. The van der Waals surface area contributed by atoms with Gasteiger partial charge in [0, 0.05) is 17.3 Å². The lowest BCUT2D eigenvalue weighted by Crippen LogP contribution is -2.42. The second-order valence-corrected chi connectivity index (χ2v) is 5.78. The number of esters is 3. The van der Waals surface area contributed by atoms with Crippen molar-refractivity contribution in [2.75, 3.05) is 30.5 Å². The molecular formula is C12H23N3O6S3. The van der Waals surface area contributed by atoms with E-state index < -0.39 is 42.1 Å². The van der Waals surface area contributed by atoms with Crippen LogP contribution >= 0.6 is 37.9 Å². The Hall–Kier alpha value is -0.660. The van der Waals surface area contributed by atoms with Crippen molar-refractivity contribution in [1.82, 2.24) is 0 Å². The molecule has 0 rings (SSSR count). The number of hydrogen-bond donors (Lipinski definition) is 6. The predicted octanol–water partition coefficient (Wildman–Crippen LogP) is -2.24. The Morgan fingerprint density at radius 3 is 1.38 bits per heavy atom. The van der Waals surface area contributed by atoms with Crippen LogP contribution in [0.4, 0.5) is 0 Å². The van der Waals surface area contributed by atoms with Crippen molar-refractivity contribution >= 4 is 55.8 Å². The van der Waals surface area contributed by atoms with Crippen LogP contribution in [-0.2, 0) is 28.6 Å². The molecular weight excluding hydrogens is 378 g/mol. The average Bonchev–Trinajstić information content (AvgIpc) is 2.60. The lowest BCUT2D eigenvalue weighted by molar-refractivity contribution is -0.167. The van der Waals surface area contributed by atoms with Crippen molar-refractivity contribution in [3.05, 3.63) is 0 Å². The van der Waals surface area contributed by atoms with E-state index in [4.69, 9.17) is 31.4 Å². The Bertz CT molecular complexity index is 403. The zero-order chi connectivity index (χ0) is 18.7. The maximum atomic E-state index is 11.7. The number of hydrogen-bond acceptors (Lipinski definition) is 12. The van der Waals surface area contributed by atoms with E-state index in [2.05, 4.69) is 37.9 Å². The smallest absolute Gasteiger partial charge is 0.324 e. The standard InChI is InChI=1S/C12H23N3O6S3/c13-7(3-22)10(16)19-1-6(21-12(18)9(15)5-24)2-20-11(17)8(14)4-23/h6-9,22-24H,1-5,13-15H2. The Balaban J connectivity index is 4.67. The number of nitrogens with two attached hydrogens (primary N) is 3. The van der Waals surface area contributed by atoms with E-state index in [1.165, 1.54) is 0 Å². The highest BCUT2D eigenvalue weighted by Crippen LogP contribution is 2.02. The first-order valence-electron chi connectivity index (χ1n) is 6.89. The van der Waals surface area contributed by atoms with Gasteiger partial charge in [0.25, 0.3) is 0 Å². The first-order chi connectivity index (χ1) is 11.3.